The van der Waals surface area contributed by atoms with Gasteiger partial charge in [-0.05, 0) is 12.0 Å². The fraction of sp³-hybridized carbons (Fsp3) is 0.500. The third kappa shape index (κ3) is 0.907. The fourth-order valence-electron chi connectivity index (χ4n) is 0.488. The maximum atomic E-state index is 10.6. The number of hydrogen-bond donors (Lipinski definition) is 0. The molecule has 0 aromatic carbocycles. The van der Waals surface area contributed by atoms with Crippen LogP contribution in [0.25, 0.3) is 0 Å². The van der Waals surface area contributed by atoms with Crippen LogP contribution in [-0.4, -0.2) is 23.8 Å². The third-order valence-corrected chi connectivity index (χ3v) is 0.733. The van der Waals surface area contributed by atoms with E-state index in [1.807, 2.05) is 0 Å². The fourth-order valence-corrected chi connectivity index (χ4v) is 0.488. The summed E-state index contributed by atoms with van der Waals surface area (Å²) in [6.07, 6.45) is 2.44. The zero-order valence-electron chi connectivity index (χ0n) is 4.75. The van der Waals surface area contributed by atoms with Gasteiger partial charge in [0, 0.05) is 0 Å². The molecule has 0 aromatic heterocycles. The minimum Gasteiger partial charge on any atom is -0.577 e. The Bertz CT molecular complexity index is 159. The molecule has 1 aliphatic heterocycles. The molecule has 1 rings (SSSR count). The van der Waals surface area contributed by atoms with Gasteiger partial charge in [0.15, 0.2) is 6.21 Å². The lowest BCUT2D eigenvalue weighted by Gasteiger charge is -2.18. The zero-order chi connectivity index (χ0) is 6.20. The van der Waals surface area contributed by atoms with Gasteiger partial charge in [0.25, 0.3) is 0 Å². The van der Waals surface area contributed by atoms with Crippen molar-refractivity contribution in [2.75, 3.05) is 7.05 Å². The highest BCUT2D eigenvalue weighted by Gasteiger charge is 2.12. The van der Waals surface area contributed by atoms with Crippen LogP contribution in [-0.2, 0) is 0 Å². The zero-order valence-corrected chi connectivity index (χ0v) is 4.75. The summed E-state index contributed by atoms with van der Waals surface area (Å²) < 4.78 is 0. The van der Waals surface area contributed by atoms with E-state index in [-0.39, 0.29) is 0 Å². The largest absolute Gasteiger partial charge is 0.577 e. The van der Waals surface area contributed by atoms with Crippen molar-refractivity contribution in [3.05, 3.63) is 5.21 Å². The molecule has 8 heavy (non-hydrogen) atoms. The molecule has 0 aromatic rings. The van der Waals surface area contributed by atoms with Crippen LogP contribution in [0.5, 0.6) is 0 Å². The lowest BCUT2D eigenvalue weighted by atomic mass is 10.5. The second kappa shape index (κ2) is 1.37. The van der Waals surface area contributed by atoms with Gasteiger partial charge in [-0.15, -0.1) is 4.86 Å². The number of nitrogens with zero attached hydrogens (tertiary/aromatic N) is 3. The first-order chi connectivity index (χ1) is 3.60. The molecular formula is C4H6N3O. The van der Waals surface area contributed by atoms with Gasteiger partial charge in [0.1, 0.15) is 12.8 Å². The summed E-state index contributed by atoms with van der Waals surface area (Å²) in [6.45, 7) is 1.69. The van der Waals surface area contributed by atoms with Gasteiger partial charge in [0.05, 0.1) is 0 Å². The maximum absolute atomic E-state index is 10.6. The number of rotatable bonds is 0. The highest BCUT2D eigenvalue weighted by Crippen LogP contribution is 2.05. The average molecular weight is 112 g/mol. The van der Waals surface area contributed by atoms with Crippen molar-refractivity contribution in [1.29, 1.82) is 0 Å². The van der Waals surface area contributed by atoms with E-state index in [2.05, 4.69) is 16.4 Å². The summed E-state index contributed by atoms with van der Waals surface area (Å²) in [5, 5.41) is 17.6. The predicted octanol–water partition coefficient (Wildman–Crippen LogP) is 0.183. The van der Waals surface area contributed by atoms with Crippen LogP contribution < -0.4 is 0 Å². The number of quaternary nitrogens is 1. The highest BCUT2D eigenvalue weighted by molar-refractivity contribution is 6.29. The van der Waals surface area contributed by atoms with Gasteiger partial charge in [-0.1, -0.05) is 5.10 Å². The molecule has 1 atom stereocenters. The lowest BCUT2D eigenvalue weighted by molar-refractivity contribution is -0.871. The molecule has 0 amide bonds. The minimum absolute atomic E-state index is 0.558. The van der Waals surface area contributed by atoms with Crippen LogP contribution in [0, 0.1) is 5.21 Å². The second-order valence-corrected chi connectivity index (χ2v) is 1.73. The molecule has 0 saturated heterocycles. The Morgan fingerprint density at radius 1 is 1.75 bits per heavy atom. The summed E-state index contributed by atoms with van der Waals surface area (Å²) >= 11 is 0. The van der Waals surface area contributed by atoms with Crippen molar-refractivity contribution in [3.63, 3.8) is 0 Å². The Morgan fingerprint density at radius 2 is 2.38 bits per heavy atom. The molecule has 0 fully saturated rings. The Morgan fingerprint density at radius 3 is 2.50 bits per heavy atom. The Balaban J connectivity index is 2.84. The van der Waals surface area contributed by atoms with E-state index in [4.69, 9.17) is 0 Å². The Hall–Kier alpha value is -0.740. The van der Waals surface area contributed by atoms with Crippen molar-refractivity contribution >= 4 is 11.9 Å². The average Bonchev–Trinajstić information content (AvgIpc) is 1.82. The van der Waals surface area contributed by atoms with E-state index in [9.17, 15) is 5.21 Å². The van der Waals surface area contributed by atoms with E-state index >= 15 is 0 Å². The summed E-state index contributed by atoms with van der Waals surface area (Å²) in [6, 6.07) is 0. The van der Waals surface area contributed by atoms with Crippen LogP contribution in [0.3, 0.4) is 0 Å². The molecule has 0 N–H and O–H groups in total. The van der Waals surface area contributed by atoms with Crippen LogP contribution in [0.2, 0.25) is 0 Å². The van der Waals surface area contributed by atoms with Crippen LogP contribution in [0.1, 0.15) is 6.92 Å². The monoisotopic (exact) mass is 112 g/mol. The van der Waals surface area contributed by atoms with Gasteiger partial charge in [0.2, 0.25) is 0 Å². The second-order valence-electron chi connectivity index (χ2n) is 1.73. The summed E-state index contributed by atoms with van der Waals surface area (Å²) in [5.74, 6) is 0. The van der Waals surface area contributed by atoms with E-state index in [1.165, 1.54) is 7.05 Å². The van der Waals surface area contributed by atoms with E-state index in [0.29, 0.717) is 5.71 Å². The first-order valence-corrected chi connectivity index (χ1v) is 2.23. The third-order valence-electron chi connectivity index (χ3n) is 0.733. The van der Waals surface area contributed by atoms with E-state index in [0.717, 1.165) is 0 Å². The first kappa shape index (κ1) is 5.40. The van der Waals surface area contributed by atoms with Gasteiger partial charge in [-0.2, -0.15) is 0 Å². The predicted molar refractivity (Wildman–Crippen MR) is 30.1 cm³/mol. The van der Waals surface area contributed by atoms with E-state index < -0.39 is 4.86 Å². The lowest BCUT2D eigenvalue weighted by Crippen LogP contribution is -2.20. The highest BCUT2D eigenvalue weighted by atomic mass is 16.6. The molecule has 1 radical (unpaired) electrons. The van der Waals surface area contributed by atoms with Gasteiger partial charge in [-0.3, -0.25) is 0 Å². The molecule has 1 aliphatic rings. The SMILES string of the molecule is CC1=N[N+](C)([O-])N=[C]1. The summed E-state index contributed by atoms with van der Waals surface area (Å²) in [4.78, 5) is -0.911. The van der Waals surface area contributed by atoms with E-state index in [1.54, 1.807) is 6.92 Å². The van der Waals surface area contributed by atoms with Gasteiger partial charge >= 0.3 is 0 Å². The quantitative estimate of drug-likeness (QED) is 0.326. The molecule has 0 spiro atoms. The topological polar surface area (TPSA) is 47.8 Å². The van der Waals surface area contributed by atoms with Crippen molar-refractivity contribution in [2.24, 2.45) is 10.2 Å². The van der Waals surface area contributed by atoms with Crippen LogP contribution >= 0.6 is 0 Å². The molecule has 1 heterocycles. The Labute approximate surface area is 47.3 Å². The minimum atomic E-state index is -0.911. The normalized spacial score (nSPS) is 35.6. The smallest absolute Gasteiger partial charge is 0.182 e. The maximum Gasteiger partial charge on any atom is 0.182 e. The summed E-state index contributed by atoms with van der Waals surface area (Å²) in [5.41, 5.74) is 0.558. The number of hydroxylamine groups is 1. The molecule has 43 valence electrons. The number of hydrogen-bond acceptors (Lipinski definition) is 3. The van der Waals surface area contributed by atoms with Gasteiger partial charge < -0.3 is 5.21 Å². The van der Waals surface area contributed by atoms with Crippen molar-refractivity contribution in [2.45, 2.75) is 6.92 Å². The molecule has 0 bridgehead atoms. The molecule has 4 nitrogen and oxygen atoms in total. The Kier molecular flexibility index (Phi) is 0.922. The first-order valence-electron chi connectivity index (χ1n) is 2.23. The van der Waals surface area contributed by atoms with Crippen LogP contribution in [0.15, 0.2) is 10.2 Å². The molecule has 4 heteroatoms. The molecule has 1 unspecified atom stereocenters. The molecule has 0 saturated carbocycles. The molecular weight excluding hydrogens is 106 g/mol. The summed E-state index contributed by atoms with van der Waals surface area (Å²) in [7, 11) is 1.34. The standard InChI is InChI=1S/C4H6N3O/c1-4-3-5-7(2,8)6-4/h1-2H3. The van der Waals surface area contributed by atoms with Crippen molar-refractivity contribution < 1.29 is 4.86 Å². The van der Waals surface area contributed by atoms with Crippen molar-refractivity contribution in [3.8, 4) is 0 Å². The van der Waals surface area contributed by atoms with Crippen molar-refractivity contribution in [1.82, 2.24) is 0 Å². The molecule has 0 aliphatic carbocycles. The van der Waals surface area contributed by atoms with Gasteiger partial charge in [-0.25, -0.2) is 0 Å². The van der Waals surface area contributed by atoms with Crippen LogP contribution in [0.4, 0.5) is 0 Å².